The Morgan fingerprint density at radius 2 is 1.93 bits per heavy atom. The van der Waals surface area contributed by atoms with E-state index < -0.39 is 0 Å². The van der Waals surface area contributed by atoms with E-state index in [9.17, 15) is 9.50 Å². The number of aliphatic hydroxyl groups is 1. The van der Waals surface area contributed by atoms with E-state index in [-0.39, 0.29) is 11.9 Å². The molecule has 1 aromatic carbocycles. The maximum atomic E-state index is 12.6. The molecule has 1 aromatic rings. The first-order valence-corrected chi connectivity index (χ1v) is 4.82. The number of aliphatic hydroxyl groups excluding tert-OH is 1. The van der Waals surface area contributed by atoms with Gasteiger partial charge < -0.3 is 10.0 Å². The van der Waals surface area contributed by atoms with Gasteiger partial charge in [-0.2, -0.15) is 0 Å². The highest BCUT2D eigenvalue weighted by atomic mass is 19.1. The molecule has 2 nitrogen and oxygen atoms in total. The molecule has 0 amide bonds. The quantitative estimate of drug-likeness (QED) is 0.798. The van der Waals surface area contributed by atoms with Gasteiger partial charge in [-0.1, -0.05) is 0 Å². The van der Waals surface area contributed by atoms with Gasteiger partial charge in [-0.05, 0) is 38.1 Å². The van der Waals surface area contributed by atoms with Gasteiger partial charge in [0.2, 0.25) is 0 Å². The Morgan fingerprint density at radius 1 is 1.36 bits per heavy atom. The predicted octanol–water partition coefficient (Wildman–Crippen LogP) is 2.03. The molecule has 0 aliphatic heterocycles. The van der Waals surface area contributed by atoms with Crippen LogP contribution in [0.25, 0.3) is 0 Å². The van der Waals surface area contributed by atoms with Crippen LogP contribution in [0.2, 0.25) is 0 Å². The molecule has 1 rings (SSSR count). The number of rotatable bonds is 4. The lowest BCUT2D eigenvalue weighted by Crippen LogP contribution is -2.30. The first-order chi connectivity index (χ1) is 6.63. The molecule has 14 heavy (non-hydrogen) atoms. The second-order valence-electron chi connectivity index (χ2n) is 3.36. The van der Waals surface area contributed by atoms with Crippen LogP contribution in [0.15, 0.2) is 24.3 Å². The second kappa shape index (κ2) is 4.96. The summed E-state index contributed by atoms with van der Waals surface area (Å²) in [6.45, 7) is 5.12. The molecular formula is C11H16FNO. The Bertz CT molecular complexity index is 271. The Labute approximate surface area is 84.0 Å². The van der Waals surface area contributed by atoms with Crippen LogP contribution in [0.1, 0.15) is 13.8 Å². The molecule has 1 atom stereocenters. The molecule has 0 aliphatic carbocycles. The van der Waals surface area contributed by atoms with Crippen LogP contribution in [0.4, 0.5) is 10.1 Å². The van der Waals surface area contributed by atoms with Gasteiger partial charge >= 0.3 is 0 Å². The maximum absolute atomic E-state index is 12.6. The zero-order valence-electron chi connectivity index (χ0n) is 8.57. The van der Waals surface area contributed by atoms with Crippen molar-refractivity contribution >= 4 is 5.69 Å². The fourth-order valence-electron chi connectivity index (χ4n) is 1.39. The Hall–Kier alpha value is -1.09. The number of hydrogen-bond acceptors (Lipinski definition) is 2. The smallest absolute Gasteiger partial charge is 0.123 e. The third-order valence-corrected chi connectivity index (χ3v) is 2.06. The minimum Gasteiger partial charge on any atom is -0.392 e. The van der Waals surface area contributed by atoms with E-state index >= 15 is 0 Å². The monoisotopic (exact) mass is 197 g/mol. The highest BCUT2D eigenvalue weighted by molar-refractivity contribution is 5.46. The number of anilines is 1. The van der Waals surface area contributed by atoms with E-state index in [0.717, 1.165) is 12.2 Å². The number of benzene rings is 1. The van der Waals surface area contributed by atoms with Gasteiger partial charge in [-0.15, -0.1) is 0 Å². The lowest BCUT2D eigenvalue weighted by atomic mass is 10.2. The molecule has 0 aromatic heterocycles. The van der Waals surface area contributed by atoms with E-state index in [1.807, 2.05) is 11.8 Å². The minimum absolute atomic E-state index is 0.234. The normalized spacial score (nSPS) is 12.6. The summed E-state index contributed by atoms with van der Waals surface area (Å²) in [5, 5.41) is 9.25. The van der Waals surface area contributed by atoms with E-state index in [1.165, 1.54) is 12.1 Å². The van der Waals surface area contributed by atoms with E-state index in [2.05, 4.69) is 0 Å². The largest absolute Gasteiger partial charge is 0.392 e. The van der Waals surface area contributed by atoms with Crippen molar-refractivity contribution in [1.29, 1.82) is 0 Å². The molecule has 0 spiro atoms. The first-order valence-electron chi connectivity index (χ1n) is 4.82. The van der Waals surface area contributed by atoms with Gasteiger partial charge in [0.25, 0.3) is 0 Å². The fraction of sp³-hybridized carbons (Fsp3) is 0.455. The van der Waals surface area contributed by atoms with Crippen molar-refractivity contribution in [3.05, 3.63) is 30.1 Å². The van der Waals surface area contributed by atoms with E-state index in [4.69, 9.17) is 0 Å². The zero-order chi connectivity index (χ0) is 10.6. The van der Waals surface area contributed by atoms with Crippen molar-refractivity contribution in [1.82, 2.24) is 0 Å². The summed E-state index contributed by atoms with van der Waals surface area (Å²) in [7, 11) is 0. The van der Waals surface area contributed by atoms with Gasteiger partial charge in [0.15, 0.2) is 0 Å². The van der Waals surface area contributed by atoms with Crippen LogP contribution in [0, 0.1) is 5.82 Å². The standard InChI is InChI=1S/C11H16FNO/c1-3-13(8-9(2)14)11-6-4-10(12)5-7-11/h4-7,9,14H,3,8H2,1-2H3/t9-/m1/s1. The summed E-state index contributed by atoms with van der Waals surface area (Å²) in [5.41, 5.74) is 0.940. The molecule has 0 unspecified atom stereocenters. The Morgan fingerprint density at radius 3 is 2.36 bits per heavy atom. The van der Waals surface area contributed by atoms with Gasteiger partial charge in [-0.3, -0.25) is 0 Å². The number of halogens is 1. The third kappa shape index (κ3) is 3.00. The molecule has 1 N–H and O–H groups in total. The van der Waals surface area contributed by atoms with Crippen molar-refractivity contribution in [3.8, 4) is 0 Å². The summed E-state index contributed by atoms with van der Waals surface area (Å²) in [4.78, 5) is 2.00. The van der Waals surface area contributed by atoms with Crippen LogP contribution < -0.4 is 4.90 Å². The lowest BCUT2D eigenvalue weighted by Gasteiger charge is -2.24. The van der Waals surface area contributed by atoms with E-state index in [1.54, 1.807) is 19.1 Å². The molecule has 0 fully saturated rings. The average molecular weight is 197 g/mol. The van der Waals surface area contributed by atoms with Crippen LogP contribution >= 0.6 is 0 Å². The summed E-state index contributed by atoms with van der Waals surface area (Å²) in [6, 6.07) is 6.31. The molecule has 0 saturated carbocycles. The third-order valence-electron chi connectivity index (χ3n) is 2.06. The van der Waals surface area contributed by atoms with Crippen molar-refractivity contribution < 1.29 is 9.50 Å². The highest BCUT2D eigenvalue weighted by Crippen LogP contribution is 2.14. The zero-order valence-corrected chi connectivity index (χ0v) is 8.57. The van der Waals surface area contributed by atoms with Gasteiger partial charge in [0.05, 0.1) is 6.10 Å². The number of likely N-dealkylation sites (N-methyl/N-ethyl adjacent to an activating group) is 1. The molecular weight excluding hydrogens is 181 g/mol. The van der Waals surface area contributed by atoms with E-state index in [0.29, 0.717) is 6.54 Å². The topological polar surface area (TPSA) is 23.5 Å². The van der Waals surface area contributed by atoms with Crippen molar-refractivity contribution in [2.24, 2.45) is 0 Å². The second-order valence-corrected chi connectivity index (χ2v) is 3.36. The summed E-state index contributed by atoms with van der Waals surface area (Å²) in [5.74, 6) is -0.234. The maximum Gasteiger partial charge on any atom is 0.123 e. The summed E-state index contributed by atoms with van der Waals surface area (Å²) >= 11 is 0. The van der Waals surface area contributed by atoms with Crippen LogP contribution in [-0.4, -0.2) is 24.3 Å². The predicted molar refractivity (Wildman–Crippen MR) is 56.0 cm³/mol. The summed E-state index contributed by atoms with van der Waals surface area (Å²) < 4.78 is 12.6. The molecule has 0 radical (unpaired) electrons. The Kier molecular flexibility index (Phi) is 3.89. The molecule has 0 saturated heterocycles. The fourth-order valence-corrected chi connectivity index (χ4v) is 1.39. The van der Waals surface area contributed by atoms with Gasteiger partial charge in [0.1, 0.15) is 5.82 Å². The van der Waals surface area contributed by atoms with Gasteiger partial charge in [0, 0.05) is 18.8 Å². The molecule has 0 heterocycles. The van der Waals surface area contributed by atoms with Crippen molar-refractivity contribution in [2.75, 3.05) is 18.0 Å². The molecule has 78 valence electrons. The minimum atomic E-state index is -0.375. The van der Waals surface area contributed by atoms with Crippen LogP contribution in [0.5, 0.6) is 0 Å². The molecule has 3 heteroatoms. The van der Waals surface area contributed by atoms with Crippen molar-refractivity contribution in [3.63, 3.8) is 0 Å². The SMILES string of the molecule is CCN(C[C@@H](C)O)c1ccc(F)cc1. The van der Waals surface area contributed by atoms with Crippen LogP contribution in [-0.2, 0) is 0 Å². The lowest BCUT2D eigenvalue weighted by molar-refractivity contribution is 0.200. The molecule has 0 bridgehead atoms. The van der Waals surface area contributed by atoms with Gasteiger partial charge in [-0.25, -0.2) is 4.39 Å². The Balaban J connectivity index is 2.73. The summed E-state index contributed by atoms with van der Waals surface area (Å²) in [6.07, 6.45) is -0.375. The first kappa shape index (κ1) is 11.0. The number of nitrogens with zero attached hydrogens (tertiary/aromatic N) is 1. The molecule has 0 aliphatic rings. The highest BCUT2D eigenvalue weighted by Gasteiger charge is 2.06. The number of hydrogen-bond donors (Lipinski definition) is 1. The average Bonchev–Trinajstić information content (AvgIpc) is 2.15. The van der Waals surface area contributed by atoms with Crippen molar-refractivity contribution in [2.45, 2.75) is 20.0 Å². The van der Waals surface area contributed by atoms with Crippen LogP contribution in [0.3, 0.4) is 0 Å².